The van der Waals surface area contributed by atoms with Gasteiger partial charge in [-0.2, -0.15) is 0 Å². The third-order valence-electron chi connectivity index (χ3n) is 7.36. The summed E-state index contributed by atoms with van der Waals surface area (Å²) in [5, 5.41) is 11.9. The van der Waals surface area contributed by atoms with E-state index in [1.165, 1.54) is 0 Å². The van der Waals surface area contributed by atoms with Crippen molar-refractivity contribution >= 4 is 22.7 Å². The summed E-state index contributed by atoms with van der Waals surface area (Å²) in [6, 6.07) is 13.0. The molecule has 9 heteroatoms. The standard InChI is InChI=1S/C29H26N3O6/c1-3-29(36)23-13-25-26-20(15-32(25)27(34)22(23)16-38-28(29)35)11-19-12-21(6-7-24(19)30-26)37-10-9-31-8-4-5-18(14-31)17(2)33/h4-8,11-14,36H,3,9-10,15-16H2,1-2H3/q+1/t29-/m0/s1. The van der Waals surface area contributed by atoms with Gasteiger partial charge in [-0.05, 0) is 49.7 Å². The number of rotatable bonds is 6. The fourth-order valence-electron chi connectivity index (χ4n) is 5.19. The number of carbonyl (C=O) groups excluding carboxylic acids is 2. The molecule has 0 unspecified atom stereocenters. The molecule has 9 nitrogen and oxygen atoms in total. The van der Waals surface area contributed by atoms with E-state index in [2.05, 4.69) is 0 Å². The maximum atomic E-state index is 13.3. The summed E-state index contributed by atoms with van der Waals surface area (Å²) in [5.74, 6) is -0.0318. The van der Waals surface area contributed by atoms with Crippen LogP contribution in [0.3, 0.4) is 0 Å². The number of pyridine rings is 3. The number of hydrogen-bond donors (Lipinski definition) is 1. The van der Waals surface area contributed by atoms with Gasteiger partial charge in [0, 0.05) is 22.6 Å². The van der Waals surface area contributed by atoms with Crippen molar-refractivity contribution in [2.45, 2.75) is 45.6 Å². The number of cyclic esters (lactones) is 1. The average Bonchev–Trinajstić information content (AvgIpc) is 3.27. The molecule has 2 aliphatic rings. The second-order valence-electron chi connectivity index (χ2n) is 9.69. The van der Waals surface area contributed by atoms with Crippen LogP contribution in [0, 0.1) is 0 Å². The van der Waals surface area contributed by atoms with Crippen molar-refractivity contribution in [3.8, 4) is 17.1 Å². The Morgan fingerprint density at radius 1 is 1.24 bits per heavy atom. The number of aliphatic hydroxyl groups is 1. The summed E-state index contributed by atoms with van der Waals surface area (Å²) >= 11 is 0. The first-order valence-electron chi connectivity index (χ1n) is 12.5. The third-order valence-corrected chi connectivity index (χ3v) is 7.36. The summed E-state index contributed by atoms with van der Waals surface area (Å²) in [6.45, 7) is 4.41. The number of nitrogens with zero attached hydrogens (tertiary/aromatic N) is 3. The predicted molar refractivity (Wildman–Crippen MR) is 137 cm³/mol. The fourth-order valence-corrected chi connectivity index (χ4v) is 5.19. The van der Waals surface area contributed by atoms with Crippen molar-refractivity contribution in [3.05, 3.63) is 87.5 Å². The molecular formula is C29H26N3O6+. The van der Waals surface area contributed by atoms with Crippen molar-refractivity contribution < 1.29 is 28.7 Å². The molecule has 0 saturated carbocycles. The molecule has 1 aromatic carbocycles. The number of Topliss-reactive ketones (excluding diaryl/α,β-unsaturated/α-hetero) is 1. The maximum absolute atomic E-state index is 13.3. The topological polar surface area (TPSA) is 112 Å². The van der Waals surface area contributed by atoms with Gasteiger partial charge in [0.1, 0.15) is 19.0 Å². The van der Waals surface area contributed by atoms with Crippen LogP contribution in [-0.2, 0) is 34.8 Å². The molecule has 0 bridgehead atoms. The molecule has 0 fully saturated rings. The van der Waals surface area contributed by atoms with Gasteiger partial charge >= 0.3 is 5.97 Å². The molecule has 38 heavy (non-hydrogen) atoms. The van der Waals surface area contributed by atoms with E-state index in [1.807, 2.05) is 41.1 Å². The lowest BCUT2D eigenvalue weighted by atomic mass is 9.86. The van der Waals surface area contributed by atoms with Gasteiger partial charge in [-0.3, -0.25) is 9.59 Å². The van der Waals surface area contributed by atoms with Crippen LogP contribution in [-0.4, -0.2) is 33.0 Å². The second kappa shape index (κ2) is 8.88. The highest BCUT2D eigenvalue weighted by Crippen LogP contribution is 2.38. The summed E-state index contributed by atoms with van der Waals surface area (Å²) in [5.41, 5.74) is 1.98. The van der Waals surface area contributed by atoms with Crippen LogP contribution in [0.4, 0.5) is 0 Å². The smallest absolute Gasteiger partial charge is 0.343 e. The number of fused-ring (bicyclic) bond motifs is 5. The molecule has 5 heterocycles. The van der Waals surface area contributed by atoms with Gasteiger partial charge in [0.25, 0.3) is 5.56 Å². The van der Waals surface area contributed by atoms with E-state index in [0.717, 1.165) is 16.5 Å². The minimum absolute atomic E-state index is 0.0160. The van der Waals surface area contributed by atoms with E-state index < -0.39 is 11.6 Å². The van der Waals surface area contributed by atoms with Crippen molar-refractivity contribution in [1.29, 1.82) is 0 Å². The minimum Gasteiger partial charge on any atom is -0.487 e. The van der Waals surface area contributed by atoms with Gasteiger partial charge in [0.2, 0.25) is 0 Å². The second-order valence-corrected chi connectivity index (χ2v) is 9.69. The van der Waals surface area contributed by atoms with Gasteiger partial charge < -0.3 is 19.1 Å². The largest absolute Gasteiger partial charge is 0.487 e. The van der Waals surface area contributed by atoms with E-state index in [1.54, 1.807) is 36.7 Å². The Kier molecular flexibility index (Phi) is 5.61. The van der Waals surface area contributed by atoms with Gasteiger partial charge in [-0.1, -0.05) is 6.92 Å². The van der Waals surface area contributed by atoms with Crippen LogP contribution in [0.5, 0.6) is 5.75 Å². The number of ether oxygens (including phenoxy) is 2. The molecule has 192 valence electrons. The number of carbonyl (C=O) groups is 2. The van der Waals surface area contributed by atoms with Crippen molar-refractivity contribution in [3.63, 3.8) is 0 Å². The van der Waals surface area contributed by atoms with Crippen LogP contribution in [0.1, 0.15) is 47.3 Å². The highest BCUT2D eigenvalue weighted by molar-refractivity contribution is 5.93. The first-order valence-corrected chi connectivity index (χ1v) is 12.5. The van der Waals surface area contributed by atoms with Crippen molar-refractivity contribution in [1.82, 2.24) is 9.55 Å². The van der Waals surface area contributed by atoms with Crippen LogP contribution < -0.4 is 14.9 Å². The zero-order chi connectivity index (χ0) is 26.6. The van der Waals surface area contributed by atoms with E-state index in [4.69, 9.17) is 14.5 Å². The lowest BCUT2D eigenvalue weighted by molar-refractivity contribution is -0.697. The lowest BCUT2D eigenvalue weighted by Gasteiger charge is -2.31. The lowest BCUT2D eigenvalue weighted by Crippen LogP contribution is -2.44. The highest BCUT2D eigenvalue weighted by Gasteiger charge is 2.45. The molecule has 2 aliphatic heterocycles. The highest BCUT2D eigenvalue weighted by atomic mass is 16.6. The fraction of sp³-hybridized carbons (Fsp3) is 0.276. The molecule has 1 atom stereocenters. The monoisotopic (exact) mass is 512 g/mol. The molecule has 0 saturated heterocycles. The van der Waals surface area contributed by atoms with E-state index >= 15 is 0 Å². The van der Waals surface area contributed by atoms with Gasteiger partial charge in [-0.25, -0.2) is 14.3 Å². The Bertz CT molecular complexity index is 1710. The predicted octanol–water partition coefficient (Wildman–Crippen LogP) is 2.65. The van der Waals surface area contributed by atoms with Crippen molar-refractivity contribution in [2.24, 2.45) is 0 Å². The van der Waals surface area contributed by atoms with Crippen LogP contribution >= 0.6 is 0 Å². The molecule has 4 aromatic rings. The Hall–Kier alpha value is -4.37. The Balaban J connectivity index is 1.29. The van der Waals surface area contributed by atoms with Gasteiger partial charge in [-0.15, -0.1) is 0 Å². The van der Waals surface area contributed by atoms with Gasteiger partial charge in [0.15, 0.2) is 30.3 Å². The Morgan fingerprint density at radius 2 is 2.08 bits per heavy atom. The summed E-state index contributed by atoms with van der Waals surface area (Å²) < 4.78 is 14.6. The minimum atomic E-state index is -1.85. The third kappa shape index (κ3) is 3.78. The maximum Gasteiger partial charge on any atom is 0.343 e. The molecular weight excluding hydrogens is 486 g/mol. The van der Waals surface area contributed by atoms with Gasteiger partial charge in [0.05, 0.1) is 34.6 Å². The number of aromatic nitrogens is 3. The first-order chi connectivity index (χ1) is 18.3. The number of esters is 1. The molecule has 1 N–H and O–H groups in total. The first kappa shape index (κ1) is 24.0. The zero-order valence-electron chi connectivity index (χ0n) is 21.1. The Morgan fingerprint density at radius 3 is 2.87 bits per heavy atom. The van der Waals surface area contributed by atoms with E-state index in [0.29, 0.717) is 53.5 Å². The number of benzene rings is 1. The molecule has 3 aromatic heterocycles. The normalized spacial score (nSPS) is 17.5. The quantitative estimate of drug-likeness (QED) is 0.212. The summed E-state index contributed by atoms with van der Waals surface area (Å²) in [4.78, 5) is 42.1. The number of hydrogen-bond acceptors (Lipinski definition) is 7. The number of ketones is 1. The average molecular weight is 513 g/mol. The molecule has 0 radical (unpaired) electrons. The molecule has 0 amide bonds. The molecule has 0 spiro atoms. The molecule has 0 aliphatic carbocycles. The molecule has 6 rings (SSSR count). The SMILES string of the molecule is CC[C@@]1(O)C(=O)OCc2c1cc1n(c2=O)Cc2cc3cc(OCC[n+]4cccc(C(C)=O)c4)ccc3nc2-1. The summed E-state index contributed by atoms with van der Waals surface area (Å²) in [6.07, 6.45) is 3.80. The zero-order valence-corrected chi connectivity index (χ0v) is 21.1. The van der Waals surface area contributed by atoms with Crippen LogP contribution in [0.25, 0.3) is 22.3 Å². The Labute approximate surface area is 217 Å². The van der Waals surface area contributed by atoms with Crippen LogP contribution in [0.15, 0.2) is 59.7 Å². The van der Waals surface area contributed by atoms with E-state index in [9.17, 15) is 19.5 Å². The van der Waals surface area contributed by atoms with Crippen LogP contribution in [0.2, 0.25) is 0 Å². The van der Waals surface area contributed by atoms with Crippen molar-refractivity contribution in [2.75, 3.05) is 6.61 Å². The summed E-state index contributed by atoms with van der Waals surface area (Å²) in [7, 11) is 0. The van der Waals surface area contributed by atoms with E-state index in [-0.39, 0.29) is 24.4 Å².